The van der Waals surface area contributed by atoms with Crippen molar-refractivity contribution in [3.05, 3.63) is 290 Å². The van der Waals surface area contributed by atoms with Gasteiger partial charge in [-0.05, 0) is 300 Å². The standard InChI is InChI=1S/C35H41FN2O.C28H29F2N2.C28H30FN2.C9H18.2C5H10.6CH3.3Os/c1-18-14-26(32-23(6)21(4)22(5)24(32)7)15-19(2)31(18)29-17-38(25(8)37(29)9)34-20(3)16-28(36)33-27-12-10-11-13-30(27)39-35(33)34;1-16-14-24(26-19(4)13-23(29)28(31-5)27(26)30)32(6)15-22(16)25-17(2)11-21(12-18(25)3)20-9-7-8-10-20;1-17-13-25(29)26(30-5)15-23(17)27-14-18(2)24(16-31(27)6)28-19(3)11-22(12-20(28)4)21-9-7-8-10-21;1-6-5-7(2)9(4)8(6)3;2*1-2-4-5-3-1;;;;;;;;;/h10-17,21-25,32H,1-9H3;11-15,20H,7-10H2,1-4,6H3;11-16,21H,7-10H2,1-4,6H3;6-9H,5H2,1-4H3;2*1-5H2;6*1H3;;;/q;2*+1;;;;6*-1;3*+2/t21?,22?,23?,24?,25-,32?;;;;;;;;;;;;;;/m1............../s1. The minimum absolute atomic E-state index is 0. The maximum Gasteiger partial charge on any atom is 2.00 e. The largest absolute Gasteiger partial charge is 2.00 e. The van der Waals surface area contributed by atoms with Crippen molar-refractivity contribution in [2.75, 3.05) is 11.9 Å². The molecule has 706 valence electrons. The van der Waals surface area contributed by atoms with Crippen molar-refractivity contribution in [1.82, 2.24) is 4.90 Å². The van der Waals surface area contributed by atoms with Crippen LogP contribution in [0.3, 0.4) is 0 Å². The van der Waals surface area contributed by atoms with E-state index >= 15 is 8.78 Å². The molecule has 3 aromatic heterocycles. The third-order valence-electron chi connectivity index (χ3n) is 30.0. The van der Waals surface area contributed by atoms with Crippen LogP contribution in [0, 0.1) is 204 Å². The molecule has 7 aromatic carbocycles. The number of aromatic nitrogens is 2. The zero-order valence-corrected chi connectivity index (χ0v) is 92.1. The molecule has 17 rings (SSSR count). The van der Waals surface area contributed by atoms with Gasteiger partial charge in [0.2, 0.25) is 17.1 Å². The fraction of sp³-hybridized carbons (Fsp3) is 0.466. The minimum atomic E-state index is -0.816. The van der Waals surface area contributed by atoms with E-state index < -0.39 is 23.1 Å². The number of furan rings is 1. The average Bonchev–Trinajstić information content (AvgIpc) is 1.56. The molecule has 8 unspecified atom stereocenters. The summed E-state index contributed by atoms with van der Waals surface area (Å²) in [4.78, 5) is 11.0. The maximum absolute atomic E-state index is 15.3. The summed E-state index contributed by atoms with van der Waals surface area (Å²) < 4.78 is 68.7. The van der Waals surface area contributed by atoms with E-state index in [2.05, 4.69) is 197 Å². The smallest absolute Gasteiger partial charge is 0.454 e. The number of rotatable bonds is 9. The molecule has 130 heavy (non-hydrogen) atoms. The number of pyridine rings is 2. The molecule has 4 heterocycles. The normalized spacial score (nSPS) is 20.5. The molecule has 6 fully saturated rings. The molecule has 0 N–H and O–H groups in total. The third-order valence-corrected chi connectivity index (χ3v) is 30.0. The van der Waals surface area contributed by atoms with Crippen LogP contribution in [0.25, 0.3) is 82.1 Å². The van der Waals surface area contributed by atoms with Crippen molar-refractivity contribution < 1.29 is 90.5 Å². The van der Waals surface area contributed by atoms with Gasteiger partial charge in [0, 0.05) is 53.0 Å². The van der Waals surface area contributed by atoms with Gasteiger partial charge < -0.3 is 58.8 Å². The zero-order chi connectivity index (χ0) is 87.4. The molecule has 0 bridgehead atoms. The molecule has 6 saturated carbocycles. The Morgan fingerprint density at radius 2 is 0.785 bits per heavy atom. The van der Waals surface area contributed by atoms with Crippen molar-refractivity contribution in [3.8, 4) is 44.8 Å². The Bertz CT molecular complexity index is 5450. The number of hydrogen-bond acceptors (Lipinski definition) is 3. The van der Waals surface area contributed by atoms with Crippen LogP contribution in [-0.2, 0) is 73.5 Å². The van der Waals surface area contributed by atoms with Crippen molar-refractivity contribution in [2.24, 2.45) is 61.4 Å². The summed E-state index contributed by atoms with van der Waals surface area (Å²) in [5.74, 6) is 6.34. The van der Waals surface area contributed by atoms with E-state index in [1.54, 1.807) is 19.1 Å². The summed E-state index contributed by atoms with van der Waals surface area (Å²) in [5, 5.41) is 1.37. The van der Waals surface area contributed by atoms with Crippen LogP contribution in [0.4, 0.5) is 34.6 Å². The van der Waals surface area contributed by atoms with Crippen molar-refractivity contribution in [1.29, 1.82) is 0 Å². The van der Waals surface area contributed by atoms with E-state index in [1.165, 1.54) is 218 Å². The molecule has 7 aliphatic rings. The van der Waals surface area contributed by atoms with Gasteiger partial charge in [0.15, 0.2) is 18.0 Å². The van der Waals surface area contributed by atoms with Gasteiger partial charge in [0.05, 0.1) is 35.5 Å². The molecule has 7 nitrogen and oxygen atoms in total. The Morgan fingerprint density at radius 3 is 1.21 bits per heavy atom. The summed E-state index contributed by atoms with van der Waals surface area (Å²) in [6, 6.07) is 32.1. The van der Waals surface area contributed by atoms with E-state index in [9.17, 15) is 8.78 Å². The topological polar surface area (TPSA) is 36.1 Å². The summed E-state index contributed by atoms with van der Waals surface area (Å²) in [6.07, 6.45) is 33.4. The molecule has 10 aromatic rings. The molecule has 1 aliphatic heterocycles. The van der Waals surface area contributed by atoms with E-state index in [0.29, 0.717) is 57.4 Å². The number of para-hydroxylation sites is 1. The Kier molecular flexibility index (Phi) is 45.6. The Balaban J connectivity index is 0.000000442. The van der Waals surface area contributed by atoms with E-state index in [-0.39, 0.29) is 127 Å². The fourth-order valence-corrected chi connectivity index (χ4v) is 22.1. The quantitative estimate of drug-likeness (QED) is 0.0821. The van der Waals surface area contributed by atoms with Crippen LogP contribution in [0.1, 0.15) is 286 Å². The van der Waals surface area contributed by atoms with Crippen LogP contribution in [0.15, 0.2) is 120 Å². The average molecular weight is 2300 g/mol. The monoisotopic (exact) mass is 2300 g/mol. The molecule has 0 saturated heterocycles. The summed E-state index contributed by atoms with van der Waals surface area (Å²) in [5.41, 5.74) is 28.5. The van der Waals surface area contributed by atoms with Gasteiger partial charge in [-0.2, -0.15) is 0 Å². The molecule has 6 aliphatic carbocycles. The van der Waals surface area contributed by atoms with Gasteiger partial charge in [0.25, 0.3) is 5.69 Å². The van der Waals surface area contributed by atoms with Crippen LogP contribution in [-0.4, -0.2) is 18.1 Å². The van der Waals surface area contributed by atoms with Crippen LogP contribution < -0.4 is 14.0 Å². The fourth-order valence-electron chi connectivity index (χ4n) is 22.1. The van der Waals surface area contributed by atoms with E-state index in [4.69, 9.17) is 17.6 Å². The van der Waals surface area contributed by atoms with Gasteiger partial charge in [-0.1, -0.05) is 200 Å². The first-order chi connectivity index (χ1) is 57.6. The molecular weight excluding hydrogens is 2140 g/mol. The number of aryl methyl sites for hydroxylation is 13. The van der Waals surface area contributed by atoms with Crippen LogP contribution in [0.5, 0.6) is 0 Å². The Morgan fingerprint density at radius 1 is 0.400 bits per heavy atom. The number of fused-ring (bicyclic) bond motifs is 3. The molecule has 0 radical (unpaired) electrons. The molecule has 0 spiro atoms. The van der Waals surface area contributed by atoms with E-state index in [1.807, 2.05) is 76.0 Å². The summed E-state index contributed by atoms with van der Waals surface area (Å²) in [6.45, 7) is 58.9. The number of hydrogen-bond donors (Lipinski definition) is 0. The minimum Gasteiger partial charge on any atom is -0.454 e. The van der Waals surface area contributed by atoms with Crippen molar-refractivity contribution in [2.45, 2.75) is 284 Å². The third kappa shape index (κ3) is 24.8. The number of halogens is 4. The molecule has 0 amide bonds. The predicted octanol–water partition coefficient (Wildman–Crippen LogP) is 33.9. The SMILES string of the molecule is C1CCCC1.C1CCCC1.CC1CC(C)C(C)C1C.Cc1cc(C2C(C)C(C)C(C)C2C)cc(C)c1C1=CN(c2c(C)cc(F)c3c2oc2ccccc23)[C@H](C)N1C.[C-]#[N+]c1c(F)cc(C)c(-c2cc(C)c(-c3c(C)cc(C4CCCC4)cc3C)c[n+]2C)c1F.[C-]#[N+]c1cc(-c2cc(C)c(-c3c(C)cc(C4CCCC4)cc3C)c[n+]2C)c(C)cc1F.[CH3-].[CH3-].[CH3-].[CH3-].[CH3-].[CH3-].[Os+2].[Os+2].[Os+2]. The summed E-state index contributed by atoms with van der Waals surface area (Å²) in [7, 11) is 6.05. The first kappa shape index (κ1) is 117. The maximum atomic E-state index is 15.3. The van der Waals surface area contributed by atoms with Crippen LogP contribution in [0.2, 0.25) is 0 Å². The first-order valence-electron chi connectivity index (χ1n) is 45.9. The molecular formula is C116H156F4N6OOs3+2. The van der Waals surface area contributed by atoms with Crippen LogP contribution >= 0.6 is 0 Å². The molecule has 14 heteroatoms. The Hall–Kier alpha value is -7.41. The second kappa shape index (κ2) is 50.8. The number of anilines is 1. The Labute approximate surface area is 825 Å². The van der Waals surface area contributed by atoms with Crippen molar-refractivity contribution in [3.63, 3.8) is 0 Å². The van der Waals surface area contributed by atoms with Gasteiger partial charge >= 0.3 is 59.4 Å². The van der Waals surface area contributed by atoms with Gasteiger partial charge in [-0.15, -0.1) is 0 Å². The zero-order valence-electron chi connectivity index (χ0n) is 84.5. The van der Waals surface area contributed by atoms with Gasteiger partial charge in [-0.25, -0.2) is 36.4 Å². The molecule has 9 atom stereocenters. The predicted molar refractivity (Wildman–Crippen MR) is 537 cm³/mol. The first-order valence-corrected chi connectivity index (χ1v) is 45.9. The number of nitrogens with zero attached hydrogens (tertiary/aromatic N) is 6. The summed E-state index contributed by atoms with van der Waals surface area (Å²) >= 11 is 0. The van der Waals surface area contributed by atoms with Gasteiger partial charge in [-0.3, -0.25) is 0 Å². The van der Waals surface area contributed by atoms with E-state index in [0.717, 1.165) is 80.1 Å². The van der Waals surface area contributed by atoms with Crippen molar-refractivity contribution >= 4 is 44.7 Å². The second-order valence-electron chi connectivity index (χ2n) is 38.2. The van der Waals surface area contributed by atoms with Gasteiger partial charge in [0.1, 0.15) is 49.1 Å². The second-order valence-corrected chi connectivity index (χ2v) is 38.2. The number of benzene rings is 7.